The smallest absolute Gasteiger partial charge is 0.228 e. The van der Waals surface area contributed by atoms with Crippen LogP contribution in [-0.2, 0) is 6.42 Å². The van der Waals surface area contributed by atoms with E-state index < -0.39 is 0 Å². The summed E-state index contributed by atoms with van der Waals surface area (Å²) in [6.45, 7) is 4.07. The van der Waals surface area contributed by atoms with Crippen LogP contribution in [0.1, 0.15) is 43.1 Å². The van der Waals surface area contributed by atoms with E-state index in [1.54, 1.807) is 0 Å². The van der Waals surface area contributed by atoms with Gasteiger partial charge < -0.3 is 10.3 Å². The molecule has 0 amide bonds. The lowest BCUT2D eigenvalue weighted by Gasteiger charge is -2.08. The Bertz CT molecular complexity index is 465. The van der Waals surface area contributed by atoms with Gasteiger partial charge >= 0.3 is 0 Å². The minimum Gasteiger partial charge on any atom is -0.339 e. The van der Waals surface area contributed by atoms with E-state index in [4.69, 9.17) is 10.3 Å². The minimum atomic E-state index is -0.100. The van der Waals surface area contributed by atoms with Crippen molar-refractivity contribution in [3.63, 3.8) is 0 Å². The van der Waals surface area contributed by atoms with E-state index in [2.05, 4.69) is 10.1 Å². The summed E-state index contributed by atoms with van der Waals surface area (Å²) in [5.41, 5.74) is 7.16. The van der Waals surface area contributed by atoms with Crippen molar-refractivity contribution < 1.29 is 4.52 Å². The Balaban J connectivity index is 2.05. The van der Waals surface area contributed by atoms with E-state index in [9.17, 15) is 0 Å². The molecular weight excluding hydrogens is 214 g/mol. The van der Waals surface area contributed by atoms with Crippen LogP contribution in [-0.4, -0.2) is 10.1 Å². The molecule has 17 heavy (non-hydrogen) atoms. The van der Waals surface area contributed by atoms with Gasteiger partial charge in [0.1, 0.15) is 0 Å². The standard InChI is InChI=1S/C13H17N3O/c1-9(2)13-15-12(17-16-13)8-11(14)10-6-4-3-5-7-10/h3-7,9,11H,8,14H2,1-2H3. The van der Waals surface area contributed by atoms with Gasteiger partial charge in [0.15, 0.2) is 5.82 Å². The van der Waals surface area contributed by atoms with Gasteiger partial charge in [-0.3, -0.25) is 0 Å². The largest absolute Gasteiger partial charge is 0.339 e. The van der Waals surface area contributed by atoms with E-state index >= 15 is 0 Å². The topological polar surface area (TPSA) is 64.9 Å². The van der Waals surface area contributed by atoms with Crippen LogP contribution in [0.25, 0.3) is 0 Å². The molecule has 0 fully saturated rings. The average Bonchev–Trinajstić information content (AvgIpc) is 2.79. The quantitative estimate of drug-likeness (QED) is 0.877. The molecule has 1 heterocycles. The third kappa shape index (κ3) is 2.91. The van der Waals surface area contributed by atoms with Gasteiger partial charge in [-0.15, -0.1) is 0 Å². The van der Waals surface area contributed by atoms with Crippen LogP contribution in [0.4, 0.5) is 0 Å². The Kier molecular flexibility index (Phi) is 3.54. The van der Waals surface area contributed by atoms with Crippen molar-refractivity contribution in [2.45, 2.75) is 32.2 Å². The van der Waals surface area contributed by atoms with Crippen molar-refractivity contribution in [3.8, 4) is 0 Å². The Morgan fingerprint density at radius 2 is 1.94 bits per heavy atom. The molecule has 0 bridgehead atoms. The molecule has 0 saturated heterocycles. The zero-order valence-corrected chi connectivity index (χ0v) is 10.1. The SMILES string of the molecule is CC(C)c1noc(CC(N)c2ccccc2)n1. The highest BCUT2D eigenvalue weighted by Gasteiger charge is 2.14. The van der Waals surface area contributed by atoms with E-state index in [-0.39, 0.29) is 12.0 Å². The van der Waals surface area contributed by atoms with Gasteiger partial charge in [0.2, 0.25) is 5.89 Å². The van der Waals surface area contributed by atoms with Gasteiger partial charge in [0.05, 0.1) is 0 Å². The van der Waals surface area contributed by atoms with Gasteiger partial charge in [-0.2, -0.15) is 4.98 Å². The highest BCUT2D eigenvalue weighted by molar-refractivity contribution is 5.19. The molecule has 4 nitrogen and oxygen atoms in total. The molecule has 0 aliphatic rings. The maximum Gasteiger partial charge on any atom is 0.228 e. The molecule has 2 aromatic rings. The summed E-state index contributed by atoms with van der Waals surface area (Å²) < 4.78 is 5.18. The van der Waals surface area contributed by atoms with Crippen LogP contribution in [0, 0.1) is 0 Å². The Morgan fingerprint density at radius 1 is 1.24 bits per heavy atom. The first kappa shape index (κ1) is 11.8. The van der Waals surface area contributed by atoms with Crippen molar-refractivity contribution in [1.29, 1.82) is 0 Å². The van der Waals surface area contributed by atoms with Gasteiger partial charge in [0.25, 0.3) is 0 Å². The highest BCUT2D eigenvalue weighted by atomic mass is 16.5. The predicted molar refractivity (Wildman–Crippen MR) is 65.5 cm³/mol. The molecule has 4 heteroatoms. The molecule has 0 aliphatic carbocycles. The van der Waals surface area contributed by atoms with E-state index in [0.29, 0.717) is 12.3 Å². The van der Waals surface area contributed by atoms with Crippen LogP contribution in [0.5, 0.6) is 0 Å². The molecule has 1 aromatic heterocycles. The Morgan fingerprint density at radius 3 is 2.53 bits per heavy atom. The van der Waals surface area contributed by atoms with Crippen molar-refractivity contribution in [1.82, 2.24) is 10.1 Å². The van der Waals surface area contributed by atoms with Gasteiger partial charge in [-0.25, -0.2) is 0 Å². The average molecular weight is 231 g/mol. The summed E-state index contributed by atoms with van der Waals surface area (Å²) in [6.07, 6.45) is 0.573. The second kappa shape index (κ2) is 5.10. The molecule has 0 radical (unpaired) electrons. The number of hydrogen-bond acceptors (Lipinski definition) is 4. The van der Waals surface area contributed by atoms with E-state index in [1.165, 1.54) is 0 Å². The fourth-order valence-corrected chi connectivity index (χ4v) is 1.59. The van der Waals surface area contributed by atoms with Crippen LogP contribution in [0.2, 0.25) is 0 Å². The highest BCUT2D eigenvalue weighted by Crippen LogP contribution is 2.16. The molecule has 0 spiro atoms. The lowest BCUT2D eigenvalue weighted by atomic mass is 10.1. The lowest BCUT2D eigenvalue weighted by molar-refractivity contribution is 0.363. The first-order valence-electron chi connectivity index (χ1n) is 5.80. The van der Waals surface area contributed by atoms with Gasteiger partial charge in [-0.1, -0.05) is 49.3 Å². The second-order valence-electron chi connectivity index (χ2n) is 4.42. The third-order valence-corrected chi connectivity index (χ3v) is 2.62. The van der Waals surface area contributed by atoms with Gasteiger partial charge in [-0.05, 0) is 5.56 Å². The second-order valence-corrected chi connectivity index (χ2v) is 4.42. The summed E-state index contributed by atoms with van der Waals surface area (Å²) in [5.74, 6) is 1.62. The number of benzene rings is 1. The maximum atomic E-state index is 6.08. The molecule has 2 rings (SSSR count). The lowest BCUT2D eigenvalue weighted by Crippen LogP contribution is -2.13. The number of rotatable bonds is 4. The number of aromatic nitrogens is 2. The molecule has 0 aliphatic heterocycles. The van der Waals surface area contributed by atoms with Gasteiger partial charge in [0, 0.05) is 18.4 Å². The van der Waals surface area contributed by atoms with E-state index in [1.807, 2.05) is 44.2 Å². The number of nitrogens with zero attached hydrogens (tertiary/aromatic N) is 2. The third-order valence-electron chi connectivity index (χ3n) is 2.62. The molecule has 1 atom stereocenters. The van der Waals surface area contributed by atoms with Crippen LogP contribution in [0.15, 0.2) is 34.9 Å². The summed E-state index contributed by atoms with van der Waals surface area (Å²) in [4.78, 5) is 4.32. The fourth-order valence-electron chi connectivity index (χ4n) is 1.59. The van der Waals surface area contributed by atoms with Crippen molar-refractivity contribution in [2.75, 3.05) is 0 Å². The fraction of sp³-hybridized carbons (Fsp3) is 0.385. The molecular formula is C13H17N3O. The van der Waals surface area contributed by atoms with E-state index in [0.717, 1.165) is 11.4 Å². The zero-order valence-electron chi connectivity index (χ0n) is 10.1. The molecule has 0 saturated carbocycles. The maximum absolute atomic E-state index is 6.08. The van der Waals surface area contributed by atoms with Crippen molar-refractivity contribution in [2.24, 2.45) is 5.73 Å². The summed E-state index contributed by atoms with van der Waals surface area (Å²) in [7, 11) is 0. The monoisotopic (exact) mass is 231 g/mol. The normalized spacial score (nSPS) is 12.9. The summed E-state index contributed by atoms with van der Waals surface area (Å²) in [6, 6.07) is 9.83. The number of nitrogens with two attached hydrogens (primary N) is 1. The van der Waals surface area contributed by atoms with Crippen LogP contribution >= 0.6 is 0 Å². The Labute approximate surface area is 101 Å². The Hall–Kier alpha value is -1.68. The minimum absolute atomic E-state index is 0.100. The van der Waals surface area contributed by atoms with Crippen molar-refractivity contribution >= 4 is 0 Å². The van der Waals surface area contributed by atoms with Crippen molar-refractivity contribution in [3.05, 3.63) is 47.6 Å². The zero-order chi connectivity index (χ0) is 12.3. The first-order chi connectivity index (χ1) is 8.16. The summed E-state index contributed by atoms with van der Waals surface area (Å²) in [5, 5.41) is 3.92. The number of hydrogen-bond donors (Lipinski definition) is 1. The molecule has 2 N–H and O–H groups in total. The van der Waals surface area contributed by atoms with Crippen LogP contribution < -0.4 is 5.73 Å². The first-order valence-corrected chi connectivity index (χ1v) is 5.80. The molecule has 90 valence electrons. The molecule has 1 aromatic carbocycles. The molecule has 1 unspecified atom stereocenters. The summed E-state index contributed by atoms with van der Waals surface area (Å²) >= 11 is 0. The predicted octanol–water partition coefficient (Wildman–Crippen LogP) is 2.44. The van der Waals surface area contributed by atoms with Crippen LogP contribution in [0.3, 0.4) is 0 Å².